The van der Waals surface area contributed by atoms with E-state index >= 15 is 0 Å². The van der Waals surface area contributed by atoms with E-state index in [-0.39, 0.29) is 79.7 Å². The first-order valence-corrected chi connectivity index (χ1v) is 14.7. The molecule has 0 spiro atoms. The zero-order valence-electron chi connectivity index (χ0n) is 27.7. The molecular weight excluding hydrogens is 706 g/mol. The van der Waals surface area contributed by atoms with Gasteiger partial charge in [-0.3, -0.25) is 35.3 Å². The summed E-state index contributed by atoms with van der Waals surface area (Å²) in [6, 6.07) is 13.5. The number of aromatic amines is 1. The number of ether oxygens (including phenoxy) is 2. The van der Waals surface area contributed by atoms with Crippen LogP contribution in [0.4, 0.5) is 31.4 Å². The second-order valence-electron chi connectivity index (χ2n) is 10.3. The van der Waals surface area contributed by atoms with Crippen molar-refractivity contribution in [3.8, 4) is 11.6 Å². The number of pyridine rings is 1. The van der Waals surface area contributed by atoms with Gasteiger partial charge in [-0.25, -0.2) is 28.6 Å². The van der Waals surface area contributed by atoms with Gasteiger partial charge in [0.2, 0.25) is 0 Å². The Hall–Kier alpha value is -5.92. The molecule has 0 radical (unpaired) electrons. The molecule has 0 atom stereocenters. The predicted octanol–water partition coefficient (Wildman–Crippen LogP) is -0.339. The van der Waals surface area contributed by atoms with E-state index in [2.05, 4.69) is 35.4 Å². The Bertz CT molecular complexity index is 2280. The quantitative estimate of drug-likeness (QED) is 0.0792. The molecule has 0 aliphatic carbocycles. The van der Waals surface area contributed by atoms with Gasteiger partial charge in [0.1, 0.15) is 5.57 Å². The molecule has 5 rings (SSSR count). The molecule has 0 saturated carbocycles. The number of benzene rings is 2. The Morgan fingerprint density at radius 1 is 0.865 bits per heavy atom. The molecule has 1 aliphatic heterocycles. The maximum Gasteiger partial charge on any atom is 1.00 e. The summed E-state index contributed by atoms with van der Waals surface area (Å²) in [5, 5.41) is 19.8. The van der Waals surface area contributed by atoms with Crippen molar-refractivity contribution in [3.05, 3.63) is 129 Å². The number of urea groups is 1. The van der Waals surface area contributed by atoms with Crippen LogP contribution in [0.5, 0.6) is 5.88 Å². The second-order valence-corrected chi connectivity index (χ2v) is 10.3. The number of carbonyl (C=O) groups excluding carboxylic acids is 5. The van der Waals surface area contributed by atoms with Gasteiger partial charge in [0, 0.05) is 29.3 Å². The Balaban J connectivity index is 0.00000605. The number of anilines is 3. The molecule has 4 aromatic rings. The standard InChI is InChI=1S/C34H27N7O10.K/c1-50-33(48)36-21-5-3-7-23(17-21)40-29(44)25(27(42)38-31(40)46)11-9-19(20-13-15-35-16-14-20)10-12-26-28(43)39-32(47)41(30(26)45)24-8-4-6-22(18-24)37-34(49)51-2;/h3-18,42H,1-2H3,(H,36,48)(H,37,49)(H,38,46)(H,39,43,47);/q;+1/p-1. The normalized spacial score (nSPS) is 13.7. The van der Waals surface area contributed by atoms with Crippen molar-refractivity contribution in [1.29, 1.82) is 0 Å². The third kappa shape index (κ3) is 8.86. The largest absolute Gasteiger partial charge is 1.00 e. The molecule has 52 heavy (non-hydrogen) atoms. The molecule has 1 fully saturated rings. The number of allylic oxidation sites excluding steroid dienone is 4. The number of imide groups is 2. The molecule has 0 unspecified atom stereocenters. The Morgan fingerprint density at radius 2 is 1.46 bits per heavy atom. The van der Waals surface area contributed by atoms with E-state index in [1.807, 2.05) is 0 Å². The summed E-state index contributed by atoms with van der Waals surface area (Å²) < 4.78 is 9.84. The number of aromatic nitrogens is 3. The van der Waals surface area contributed by atoms with Crippen molar-refractivity contribution >= 4 is 58.7 Å². The first-order chi connectivity index (χ1) is 24.5. The van der Waals surface area contributed by atoms with Crippen LogP contribution >= 0.6 is 0 Å². The molecule has 4 N–H and O–H groups in total. The number of barbiturate groups is 1. The third-order valence-electron chi connectivity index (χ3n) is 7.15. The van der Waals surface area contributed by atoms with Crippen LogP contribution in [-0.2, 0) is 19.1 Å². The van der Waals surface area contributed by atoms with Crippen molar-refractivity contribution in [2.75, 3.05) is 29.8 Å². The molecule has 0 bridgehead atoms. The monoisotopic (exact) mass is 731 g/mol. The SMILES string of the molecule is COC(=O)Nc1cccc(N2C(=O)NC(=O)C(=CC=C(C=Cc3c([O-])[nH]c(=O)n(-c4cccc(NC(=O)OC)c4)c3=O)c3ccncc3)C2=O)c1.[K+]. The zero-order chi connectivity index (χ0) is 36.7. The van der Waals surface area contributed by atoms with Crippen LogP contribution in [0.2, 0.25) is 0 Å². The van der Waals surface area contributed by atoms with E-state index in [1.54, 1.807) is 12.1 Å². The number of H-pyrrole nitrogens is 1. The number of nitrogens with zero attached hydrogens (tertiary/aromatic N) is 3. The van der Waals surface area contributed by atoms with Gasteiger partial charge in [-0.2, -0.15) is 0 Å². The van der Waals surface area contributed by atoms with E-state index < -0.39 is 58.3 Å². The Kier molecular flexibility index (Phi) is 13.0. The third-order valence-corrected chi connectivity index (χ3v) is 7.15. The average Bonchev–Trinajstić information content (AvgIpc) is 3.10. The minimum Gasteiger partial charge on any atom is -0.860 e. The minimum absolute atomic E-state index is 0. The maximum atomic E-state index is 13.5. The van der Waals surface area contributed by atoms with Crippen LogP contribution in [-0.4, -0.2) is 58.8 Å². The van der Waals surface area contributed by atoms with Gasteiger partial charge >= 0.3 is 75.3 Å². The maximum absolute atomic E-state index is 13.5. The van der Waals surface area contributed by atoms with Crippen LogP contribution in [0.3, 0.4) is 0 Å². The Labute approximate surface area is 336 Å². The Morgan fingerprint density at radius 3 is 2.08 bits per heavy atom. The molecule has 2 aromatic carbocycles. The van der Waals surface area contributed by atoms with Gasteiger partial charge in [0.15, 0.2) is 0 Å². The molecule has 17 nitrogen and oxygen atoms in total. The van der Waals surface area contributed by atoms with Crippen LogP contribution in [0, 0.1) is 0 Å². The summed E-state index contributed by atoms with van der Waals surface area (Å²) in [6.45, 7) is 0. The number of hydrogen-bond donors (Lipinski definition) is 4. The molecule has 258 valence electrons. The fourth-order valence-corrected chi connectivity index (χ4v) is 4.75. The van der Waals surface area contributed by atoms with Gasteiger partial charge in [0.05, 0.1) is 25.6 Å². The summed E-state index contributed by atoms with van der Waals surface area (Å²) >= 11 is 0. The van der Waals surface area contributed by atoms with Gasteiger partial charge in [0.25, 0.3) is 17.4 Å². The molecular formula is C34H26KN7O10. The zero-order valence-corrected chi connectivity index (χ0v) is 30.8. The number of nitrogens with one attached hydrogen (secondary N) is 4. The molecule has 1 aliphatic rings. The van der Waals surface area contributed by atoms with Crippen LogP contribution in [0.15, 0.2) is 106 Å². The van der Waals surface area contributed by atoms with Crippen LogP contribution in [0.1, 0.15) is 11.1 Å². The van der Waals surface area contributed by atoms with E-state index in [1.165, 1.54) is 73.1 Å². The van der Waals surface area contributed by atoms with Crippen molar-refractivity contribution in [1.82, 2.24) is 19.9 Å². The molecule has 1 saturated heterocycles. The number of amides is 6. The van der Waals surface area contributed by atoms with E-state index in [4.69, 9.17) is 0 Å². The van der Waals surface area contributed by atoms with Crippen LogP contribution in [0.25, 0.3) is 17.3 Å². The van der Waals surface area contributed by atoms with E-state index in [0.29, 0.717) is 15.0 Å². The van der Waals surface area contributed by atoms with Crippen molar-refractivity contribution in [2.45, 2.75) is 0 Å². The van der Waals surface area contributed by atoms with Gasteiger partial charge in [-0.05, 0) is 77.7 Å². The fraction of sp³-hybridized carbons (Fsp3) is 0.0588. The molecule has 2 aromatic heterocycles. The summed E-state index contributed by atoms with van der Waals surface area (Å²) in [5.41, 5.74) is -1.67. The van der Waals surface area contributed by atoms with E-state index in [0.717, 1.165) is 26.4 Å². The summed E-state index contributed by atoms with van der Waals surface area (Å²) in [4.78, 5) is 95.5. The first-order valence-electron chi connectivity index (χ1n) is 14.7. The summed E-state index contributed by atoms with van der Waals surface area (Å²) in [7, 11) is 2.33. The van der Waals surface area contributed by atoms with Crippen molar-refractivity contribution in [2.24, 2.45) is 0 Å². The first kappa shape index (κ1) is 38.9. The molecule has 3 heterocycles. The van der Waals surface area contributed by atoms with Gasteiger partial charge in [-0.1, -0.05) is 24.3 Å². The van der Waals surface area contributed by atoms with Gasteiger partial charge < -0.3 is 19.6 Å². The number of carbonyl (C=O) groups is 5. The van der Waals surface area contributed by atoms with Gasteiger partial charge in [-0.15, -0.1) is 0 Å². The molecule has 6 amide bonds. The van der Waals surface area contributed by atoms with Crippen molar-refractivity contribution < 1.29 is 89.9 Å². The topological polar surface area (TPSA) is 234 Å². The predicted molar refractivity (Wildman–Crippen MR) is 181 cm³/mol. The van der Waals surface area contributed by atoms with Crippen molar-refractivity contribution in [3.63, 3.8) is 0 Å². The smallest absolute Gasteiger partial charge is 0.860 e. The average molecular weight is 732 g/mol. The summed E-state index contributed by atoms with van der Waals surface area (Å²) in [6.07, 6.45) is 6.33. The second kappa shape index (κ2) is 17.3. The summed E-state index contributed by atoms with van der Waals surface area (Å²) in [5.74, 6) is -2.97. The molecule has 18 heteroatoms. The number of rotatable bonds is 8. The number of methoxy groups -OCH3 is 2. The number of hydrogen-bond acceptors (Lipinski definition) is 11. The minimum atomic E-state index is -1.03. The van der Waals surface area contributed by atoms with E-state index in [9.17, 15) is 38.7 Å². The van der Waals surface area contributed by atoms with Crippen LogP contribution < -0.4 is 88.6 Å². The fourth-order valence-electron chi connectivity index (χ4n) is 4.75.